The minimum absolute atomic E-state index is 0.126. The Labute approximate surface area is 98.7 Å². The van der Waals surface area contributed by atoms with E-state index in [2.05, 4.69) is 28.1 Å². The number of nitrogens with one attached hydrogen (secondary N) is 3. The summed E-state index contributed by atoms with van der Waals surface area (Å²) >= 11 is 0. The molecular formula is C10H15N5O2. The Morgan fingerprint density at radius 3 is 3.18 bits per heavy atom. The zero-order valence-corrected chi connectivity index (χ0v) is 9.51. The Balaban J connectivity index is 2.01. The third-order valence-corrected chi connectivity index (χ3v) is 2.92. The van der Waals surface area contributed by atoms with E-state index >= 15 is 0 Å². The first-order chi connectivity index (χ1) is 8.18. The van der Waals surface area contributed by atoms with E-state index in [1.165, 1.54) is 6.20 Å². The molecule has 0 aromatic carbocycles. The normalized spacial score (nSPS) is 23.6. The molecule has 1 aliphatic rings. The van der Waals surface area contributed by atoms with Gasteiger partial charge in [0, 0.05) is 25.0 Å². The SMILES string of the molecule is CC1NNCC1CNc1cccnc1[N+](=O)[O-]. The second kappa shape index (κ2) is 5.07. The van der Waals surface area contributed by atoms with Crippen molar-refractivity contribution in [3.63, 3.8) is 0 Å². The second-order valence-corrected chi connectivity index (χ2v) is 4.09. The zero-order chi connectivity index (χ0) is 12.3. The lowest BCUT2D eigenvalue weighted by atomic mass is 10.0. The van der Waals surface area contributed by atoms with Gasteiger partial charge in [-0.15, -0.1) is 0 Å². The molecule has 7 nitrogen and oxygen atoms in total. The highest BCUT2D eigenvalue weighted by Crippen LogP contribution is 2.20. The average molecular weight is 237 g/mol. The molecule has 17 heavy (non-hydrogen) atoms. The summed E-state index contributed by atoms with van der Waals surface area (Å²) in [4.78, 5) is 14.0. The van der Waals surface area contributed by atoms with Gasteiger partial charge in [-0.2, -0.15) is 0 Å². The third-order valence-electron chi connectivity index (χ3n) is 2.92. The average Bonchev–Trinajstić information content (AvgIpc) is 2.72. The summed E-state index contributed by atoms with van der Waals surface area (Å²) in [5.74, 6) is 0.272. The van der Waals surface area contributed by atoms with E-state index in [1.54, 1.807) is 12.1 Å². The Morgan fingerprint density at radius 1 is 1.71 bits per heavy atom. The summed E-state index contributed by atoms with van der Waals surface area (Å²) in [6.07, 6.45) is 1.42. The van der Waals surface area contributed by atoms with Crippen molar-refractivity contribution in [2.75, 3.05) is 18.4 Å². The van der Waals surface area contributed by atoms with Gasteiger partial charge in [0.2, 0.25) is 0 Å². The van der Waals surface area contributed by atoms with Crippen molar-refractivity contribution < 1.29 is 4.92 Å². The van der Waals surface area contributed by atoms with Crippen molar-refractivity contribution in [1.29, 1.82) is 0 Å². The van der Waals surface area contributed by atoms with Gasteiger partial charge in [0.05, 0.1) is 0 Å². The number of nitro groups is 1. The number of aromatic nitrogens is 1. The molecule has 2 heterocycles. The molecule has 2 rings (SSSR count). The van der Waals surface area contributed by atoms with E-state index < -0.39 is 4.92 Å². The van der Waals surface area contributed by atoms with Crippen LogP contribution >= 0.6 is 0 Å². The molecule has 0 aliphatic carbocycles. The maximum absolute atomic E-state index is 10.8. The van der Waals surface area contributed by atoms with E-state index in [-0.39, 0.29) is 5.82 Å². The van der Waals surface area contributed by atoms with Crippen LogP contribution in [-0.2, 0) is 0 Å². The van der Waals surface area contributed by atoms with Crippen molar-refractivity contribution in [3.05, 3.63) is 28.4 Å². The van der Waals surface area contributed by atoms with Crippen LogP contribution in [0.5, 0.6) is 0 Å². The number of rotatable bonds is 4. The minimum Gasteiger partial charge on any atom is -0.378 e. The van der Waals surface area contributed by atoms with Crippen LogP contribution in [0.2, 0.25) is 0 Å². The maximum Gasteiger partial charge on any atom is 0.386 e. The molecule has 3 N–H and O–H groups in total. The van der Waals surface area contributed by atoms with E-state index in [1.807, 2.05) is 0 Å². The van der Waals surface area contributed by atoms with Gasteiger partial charge in [0.15, 0.2) is 0 Å². The number of anilines is 1. The molecule has 1 aromatic rings. The number of hydrogen-bond donors (Lipinski definition) is 3. The van der Waals surface area contributed by atoms with E-state index in [4.69, 9.17) is 0 Å². The largest absolute Gasteiger partial charge is 0.386 e. The van der Waals surface area contributed by atoms with Crippen molar-refractivity contribution in [2.24, 2.45) is 5.92 Å². The van der Waals surface area contributed by atoms with Gasteiger partial charge in [-0.25, -0.2) is 0 Å². The lowest BCUT2D eigenvalue weighted by molar-refractivity contribution is -0.388. The summed E-state index contributed by atoms with van der Waals surface area (Å²) in [6.45, 7) is 3.60. The van der Waals surface area contributed by atoms with Gasteiger partial charge < -0.3 is 15.4 Å². The summed E-state index contributed by atoms with van der Waals surface area (Å²) < 4.78 is 0. The number of hydrogen-bond acceptors (Lipinski definition) is 6. The van der Waals surface area contributed by atoms with Gasteiger partial charge in [-0.05, 0) is 29.0 Å². The highest BCUT2D eigenvalue weighted by atomic mass is 16.6. The molecule has 1 fully saturated rings. The van der Waals surface area contributed by atoms with Crippen LogP contribution in [0.3, 0.4) is 0 Å². The number of nitrogens with zero attached hydrogens (tertiary/aromatic N) is 2. The fraction of sp³-hybridized carbons (Fsp3) is 0.500. The highest BCUT2D eigenvalue weighted by molar-refractivity contribution is 5.56. The van der Waals surface area contributed by atoms with Crippen LogP contribution in [0, 0.1) is 16.0 Å². The molecule has 92 valence electrons. The quantitative estimate of drug-likeness (QED) is 0.522. The first-order valence-electron chi connectivity index (χ1n) is 5.50. The smallest absolute Gasteiger partial charge is 0.378 e. The second-order valence-electron chi connectivity index (χ2n) is 4.09. The molecule has 2 unspecified atom stereocenters. The summed E-state index contributed by atoms with van der Waals surface area (Å²) in [6, 6.07) is 3.70. The Kier molecular flexibility index (Phi) is 3.50. The first-order valence-corrected chi connectivity index (χ1v) is 5.50. The van der Waals surface area contributed by atoms with Gasteiger partial charge in [0.1, 0.15) is 11.9 Å². The Morgan fingerprint density at radius 2 is 2.53 bits per heavy atom. The van der Waals surface area contributed by atoms with Gasteiger partial charge in [0.25, 0.3) is 0 Å². The maximum atomic E-state index is 10.8. The fourth-order valence-corrected chi connectivity index (χ4v) is 1.82. The molecule has 0 amide bonds. The molecule has 1 saturated heterocycles. The minimum atomic E-state index is -0.475. The van der Waals surface area contributed by atoms with E-state index in [0.717, 1.165) is 6.54 Å². The van der Waals surface area contributed by atoms with Gasteiger partial charge in [-0.1, -0.05) is 0 Å². The van der Waals surface area contributed by atoms with Gasteiger partial charge in [-0.3, -0.25) is 10.9 Å². The predicted molar refractivity (Wildman–Crippen MR) is 63.5 cm³/mol. The topological polar surface area (TPSA) is 92.1 Å². The van der Waals surface area contributed by atoms with Crippen LogP contribution in [0.4, 0.5) is 11.5 Å². The van der Waals surface area contributed by atoms with E-state index in [9.17, 15) is 10.1 Å². The van der Waals surface area contributed by atoms with Crippen LogP contribution < -0.4 is 16.2 Å². The zero-order valence-electron chi connectivity index (χ0n) is 9.51. The van der Waals surface area contributed by atoms with E-state index in [0.29, 0.717) is 24.2 Å². The molecule has 1 aliphatic heterocycles. The number of pyridine rings is 1. The van der Waals surface area contributed by atoms with Crippen LogP contribution in [0.15, 0.2) is 18.3 Å². The molecule has 0 spiro atoms. The summed E-state index contributed by atoms with van der Waals surface area (Å²) in [5.41, 5.74) is 6.63. The monoisotopic (exact) mass is 237 g/mol. The van der Waals surface area contributed by atoms with Crippen molar-refractivity contribution in [2.45, 2.75) is 13.0 Å². The fourth-order valence-electron chi connectivity index (χ4n) is 1.82. The third kappa shape index (κ3) is 2.69. The van der Waals surface area contributed by atoms with Crippen LogP contribution in [-0.4, -0.2) is 29.0 Å². The molecule has 1 aromatic heterocycles. The lowest BCUT2D eigenvalue weighted by Gasteiger charge is -2.14. The summed E-state index contributed by atoms with van der Waals surface area (Å²) in [7, 11) is 0. The lowest BCUT2D eigenvalue weighted by Crippen LogP contribution is -2.30. The molecule has 0 bridgehead atoms. The van der Waals surface area contributed by atoms with Crippen molar-refractivity contribution in [3.8, 4) is 0 Å². The molecule has 0 radical (unpaired) electrons. The molecule has 7 heteroatoms. The van der Waals surface area contributed by atoms with Crippen LogP contribution in [0.1, 0.15) is 6.92 Å². The first kappa shape index (κ1) is 11.7. The highest BCUT2D eigenvalue weighted by Gasteiger charge is 2.23. The van der Waals surface area contributed by atoms with Crippen molar-refractivity contribution >= 4 is 11.5 Å². The predicted octanol–water partition coefficient (Wildman–Crippen LogP) is 0.514. The van der Waals surface area contributed by atoms with Gasteiger partial charge >= 0.3 is 5.82 Å². The van der Waals surface area contributed by atoms with Crippen molar-refractivity contribution in [1.82, 2.24) is 15.8 Å². The Bertz CT molecular complexity index is 411. The Hall–Kier alpha value is -1.73. The standard InChI is InChI=1S/C10H15N5O2/c1-7-8(6-13-14-7)5-12-9-3-2-4-11-10(9)15(16)17/h2-4,7-8,12-14H,5-6H2,1H3. The molecular weight excluding hydrogens is 222 g/mol. The van der Waals surface area contributed by atoms with Crippen LogP contribution in [0.25, 0.3) is 0 Å². The number of hydrazine groups is 1. The molecule has 2 atom stereocenters. The molecule has 0 saturated carbocycles. The summed E-state index contributed by atoms with van der Waals surface area (Å²) in [5, 5.41) is 13.8.